The van der Waals surface area contributed by atoms with E-state index in [9.17, 15) is 4.79 Å². The van der Waals surface area contributed by atoms with E-state index >= 15 is 0 Å². The quantitative estimate of drug-likeness (QED) is 0.563. The van der Waals surface area contributed by atoms with Crippen LogP contribution in [-0.2, 0) is 11.3 Å². The highest BCUT2D eigenvalue weighted by Gasteiger charge is 2.42. The third-order valence-corrected chi connectivity index (χ3v) is 8.07. The molecule has 6 heteroatoms. The van der Waals surface area contributed by atoms with Crippen LogP contribution in [0.3, 0.4) is 0 Å². The molecule has 0 N–H and O–H groups in total. The lowest BCUT2D eigenvalue weighted by molar-refractivity contribution is 0.0712. The number of benzene rings is 2. The van der Waals surface area contributed by atoms with Gasteiger partial charge in [-0.25, -0.2) is 0 Å². The van der Waals surface area contributed by atoms with Gasteiger partial charge in [-0.3, -0.25) is 9.69 Å². The number of anilines is 1. The summed E-state index contributed by atoms with van der Waals surface area (Å²) in [5, 5.41) is 0. The van der Waals surface area contributed by atoms with Crippen LogP contribution in [0.1, 0.15) is 49.0 Å². The van der Waals surface area contributed by atoms with Crippen LogP contribution in [0.2, 0.25) is 0 Å². The second-order valence-corrected chi connectivity index (χ2v) is 11.2. The van der Waals surface area contributed by atoms with Crippen LogP contribution in [0.5, 0.6) is 5.75 Å². The maximum Gasteiger partial charge on any atom is 0.253 e. The third-order valence-electron chi connectivity index (χ3n) is 8.07. The second-order valence-electron chi connectivity index (χ2n) is 11.2. The number of carbonyl (C=O) groups is 1. The van der Waals surface area contributed by atoms with Crippen molar-refractivity contribution in [2.75, 3.05) is 64.0 Å². The molecule has 194 valence electrons. The van der Waals surface area contributed by atoms with Gasteiger partial charge in [-0.2, -0.15) is 0 Å². The smallest absolute Gasteiger partial charge is 0.253 e. The molecule has 0 unspecified atom stereocenters. The highest BCUT2D eigenvalue weighted by molar-refractivity contribution is 5.94. The zero-order valence-corrected chi connectivity index (χ0v) is 22.0. The maximum absolute atomic E-state index is 13.3. The number of amides is 1. The summed E-state index contributed by atoms with van der Waals surface area (Å²) < 4.78 is 11.5. The molecule has 0 atom stereocenters. The minimum Gasteiger partial charge on any atom is -0.493 e. The number of ether oxygens (including phenoxy) is 2. The number of morpholine rings is 1. The Morgan fingerprint density at radius 2 is 1.64 bits per heavy atom. The van der Waals surface area contributed by atoms with Crippen LogP contribution in [0.15, 0.2) is 48.5 Å². The van der Waals surface area contributed by atoms with Gasteiger partial charge in [0.15, 0.2) is 0 Å². The fourth-order valence-corrected chi connectivity index (χ4v) is 5.79. The maximum atomic E-state index is 13.3. The van der Waals surface area contributed by atoms with Crippen molar-refractivity contribution in [3.63, 3.8) is 0 Å². The Labute approximate surface area is 216 Å². The molecule has 0 aliphatic carbocycles. The number of hydrogen-bond acceptors (Lipinski definition) is 5. The Bertz CT molecular complexity index is 1010. The molecule has 0 radical (unpaired) electrons. The number of rotatable bonds is 7. The molecule has 3 aliphatic rings. The van der Waals surface area contributed by atoms with Crippen LogP contribution in [0.4, 0.5) is 5.69 Å². The van der Waals surface area contributed by atoms with Crippen molar-refractivity contribution in [2.45, 2.75) is 39.7 Å². The van der Waals surface area contributed by atoms with E-state index in [1.165, 1.54) is 11.3 Å². The molecule has 2 aromatic carbocycles. The highest BCUT2D eigenvalue weighted by Crippen LogP contribution is 2.41. The Hall–Kier alpha value is -2.57. The molecule has 0 bridgehead atoms. The van der Waals surface area contributed by atoms with E-state index in [2.05, 4.69) is 64.9 Å². The lowest BCUT2D eigenvalue weighted by Gasteiger charge is -2.39. The van der Waals surface area contributed by atoms with Gasteiger partial charge in [-0.1, -0.05) is 32.0 Å². The fraction of sp³-hybridized carbons (Fsp3) is 0.567. The van der Waals surface area contributed by atoms with Crippen LogP contribution in [-0.4, -0.2) is 74.8 Å². The number of carbonyl (C=O) groups excluding carboxylic acids is 1. The Kier molecular flexibility index (Phi) is 7.82. The van der Waals surface area contributed by atoms with Gasteiger partial charge in [0.2, 0.25) is 0 Å². The molecule has 5 rings (SSSR count). The van der Waals surface area contributed by atoms with E-state index in [0.717, 1.165) is 96.2 Å². The topological polar surface area (TPSA) is 45.2 Å². The first-order chi connectivity index (χ1) is 17.5. The van der Waals surface area contributed by atoms with Crippen molar-refractivity contribution in [3.05, 3.63) is 59.7 Å². The van der Waals surface area contributed by atoms with E-state index in [4.69, 9.17) is 9.47 Å². The number of nitrogens with zero attached hydrogens (tertiary/aromatic N) is 3. The monoisotopic (exact) mass is 491 g/mol. The molecule has 3 saturated heterocycles. The van der Waals surface area contributed by atoms with Crippen molar-refractivity contribution < 1.29 is 14.3 Å². The van der Waals surface area contributed by atoms with Gasteiger partial charge in [0, 0.05) is 49.5 Å². The average molecular weight is 492 g/mol. The number of piperidine rings is 1. The Morgan fingerprint density at radius 1 is 0.944 bits per heavy atom. The average Bonchev–Trinajstić information content (AvgIpc) is 3.33. The lowest BCUT2D eigenvalue weighted by Crippen LogP contribution is -2.42. The van der Waals surface area contributed by atoms with Gasteiger partial charge in [0.1, 0.15) is 5.75 Å². The summed E-state index contributed by atoms with van der Waals surface area (Å²) in [6, 6.07) is 16.6. The SMILES string of the molecule is CC(C)COc1ccccc1CN1CCC2(CC1)CCN(C(=O)c1ccc(N3CCOCC3)cc1)C2. The van der Waals surface area contributed by atoms with Gasteiger partial charge in [0.05, 0.1) is 19.8 Å². The Morgan fingerprint density at radius 3 is 2.36 bits per heavy atom. The normalized spacial score (nSPS) is 20.3. The van der Waals surface area contributed by atoms with Gasteiger partial charge >= 0.3 is 0 Å². The summed E-state index contributed by atoms with van der Waals surface area (Å²) >= 11 is 0. The van der Waals surface area contributed by atoms with E-state index in [0.29, 0.717) is 5.92 Å². The van der Waals surface area contributed by atoms with E-state index < -0.39 is 0 Å². The van der Waals surface area contributed by atoms with E-state index in [1.54, 1.807) is 0 Å². The first-order valence-corrected chi connectivity index (χ1v) is 13.7. The molecular formula is C30H41N3O3. The number of para-hydroxylation sites is 1. The fourth-order valence-electron chi connectivity index (χ4n) is 5.79. The molecule has 36 heavy (non-hydrogen) atoms. The Balaban J connectivity index is 1.14. The standard InChI is InChI=1S/C30H41N3O3/c1-24(2)22-36-28-6-4-3-5-26(28)21-31-14-11-30(12-15-31)13-16-33(23-30)29(34)25-7-9-27(10-8-25)32-17-19-35-20-18-32/h3-10,24H,11-23H2,1-2H3. The van der Waals surface area contributed by atoms with Gasteiger partial charge in [-0.15, -0.1) is 0 Å². The second kappa shape index (κ2) is 11.2. The summed E-state index contributed by atoms with van der Waals surface area (Å²) in [5.74, 6) is 1.71. The van der Waals surface area contributed by atoms with Crippen LogP contribution < -0.4 is 9.64 Å². The first-order valence-electron chi connectivity index (χ1n) is 13.7. The molecule has 2 aromatic rings. The van der Waals surface area contributed by atoms with Gasteiger partial charge < -0.3 is 19.3 Å². The number of hydrogen-bond donors (Lipinski definition) is 0. The van der Waals surface area contributed by atoms with Crippen molar-refractivity contribution in [2.24, 2.45) is 11.3 Å². The molecule has 0 saturated carbocycles. The molecule has 1 spiro atoms. The largest absolute Gasteiger partial charge is 0.493 e. The van der Waals surface area contributed by atoms with Crippen LogP contribution in [0.25, 0.3) is 0 Å². The zero-order valence-electron chi connectivity index (χ0n) is 22.0. The minimum atomic E-state index is 0.180. The minimum absolute atomic E-state index is 0.180. The molecule has 0 aromatic heterocycles. The third kappa shape index (κ3) is 5.87. The van der Waals surface area contributed by atoms with Gasteiger partial charge in [0.25, 0.3) is 5.91 Å². The molecule has 6 nitrogen and oxygen atoms in total. The van der Waals surface area contributed by atoms with Crippen molar-refractivity contribution in [3.8, 4) is 5.75 Å². The van der Waals surface area contributed by atoms with E-state index in [1.807, 2.05) is 12.1 Å². The van der Waals surface area contributed by atoms with E-state index in [-0.39, 0.29) is 11.3 Å². The molecule has 3 heterocycles. The first kappa shape index (κ1) is 25.1. The van der Waals surface area contributed by atoms with Crippen LogP contribution >= 0.6 is 0 Å². The molecular weight excluding hydrogens is 450 g/mol. The van der Waals surface area contributed by atoms with Crippen molar-refractivity contribution >= 4 is 11.6 Å². The zero-order chi connectivity index (χ0) is 25.0. The summed E-state index contributed by atoms with van der Waals surface area (Å²) in [6.07, 6.45) is 3.43. The van der Waals surface area contributed by atoms with Crippen LogP contribution in [0, 0.1) is 11.3 Å². The molecule has 3 fully saturated rings. The summed E-state index contributed by atoms with van der Waals surface area (Å²) in [6.45, 7) is 13.3. The van der Waals surface area contributed by atoms with Crippen molar-refractivity contribution in [1.29, 1.82) is 0 Å². The summed E-state index contributed by atoms with van der Waals surface area (Å²) in [5.41, 5.74) is 3.53. The molecule has 3 aliphatic heterocycles. The highest BCUT2D eigenvalue weighted by atomic mass is 16.5. The number of likely N-dealkylation sites (tertiary alicyclic amines) is 2. The lowest BCUT2D eigenvalue weighted by atomic mass is 9.77. The van der Waals surface area contributed by atoms with Gasteiger partial charge in [-0.05, 0) is 74.0 Å². The predicted molar refractivity (Wildman–Crippen MR) is 144 cm³/mol. The summed E-state index contributed by atoms with van der Waals surface area (Å²) in [4.78, 5) is 20.3. The summed E-state index contributed by atoms with van der Waals surface area (Å²) in [7, 11) is 0. The predicted octanol–water partition coefficient (Wildman–Crippen LogP) is 4.69. The molecule has 1 amide bonds. The van der Waals surface area contributed by atoms with Crippen molar-refractivity contribution in [1.82, 2.24) is 9.80 Å².